The first-order valence-electron chi connectivity index (χ1n) is 7.22. The zero-order valence-electron chi connectivity index (χ0n) is 12.5. The van der Waals surface area contributed by atoms with Crippen LogP contribution in [0.15, 0.2) is 22.7 Å². The van der Waals surface area contributed by atoms with E-state index in [1.54, 1.807) is 7.11 Å². The quantitative estimate of drug-likeness (QED) is 0.730. The number of rotatable bonds is 8. The molecule has 0 heterocycles. The van der Waals surface area contributed by atoms with Gasteiger partial charge in [-0.25, -0.2) is 0 Å². The Morgan fingerprint density at radius 2 is 1.89 bits per heavy atom. The Balaban J connectivity index is 2.88. The third kappa shape index (κ3) is 4.81. The number of benzene rings is 1. The van der Waals surface area contributed by atoms with Crippen molar-refractivity contribution in [3.63, 3.8) is 0 Å². The van der Waals surface area contributed by atoms with Crippen LogP contribution in [-0.4, -0.2) is 13.7 Å². The fourth-order valence-electron chi connectivity index (χ4n) is 2.44. The second-order valence-corrected chi connectivity index (χ2v) is 5.78. The summed E-state index contributed by atoms with van der Waals surface area (Å²) in [5, 5.41) is 3.60. The monoisotopic (exact) mass is 327 g/mol. The Hall–Kier alpha value is -0.540. The fourth-order valence-corrected chi connectivity index (χ4v) is 3.00. The summed E-state index contributed by atoms with van der Waals surface area (Å²) in [5.74, 6) is 1.67. The Morgan fingerprint density at radius 1 is 1.21 bits per heavy atom. The van der Waals surface area contributed by atoms with Gasteiger partial charge in [0, 0.05) is 6.04 Å². The summed E-state index contributed by atoms with van der Waals surface area (Å²) in [6, 6.07) is 6.81. The third-order valence-corrected chi connectivity index (χ3v) is 4.37. The molecule has 0 amide bonds. The molecule has 0 aliphatic carbocycles. The molecule has 2 nitrogen and oxygen atoms in total. The molecular weight excluding hydrogens is 302 g/mol. The minimum atomic E-state index is 0.428. The summed E-state index contributed by atoms with van der Waals surface area (Å²) in [5.41, 5.74) is 1.33. The average molecular weight is 328 g/mol. The topological polar surface area (TPSA) is 21.3 Å². The molecule has 1 N–H and O–H groups in total. The average Bonchev–Trinajstić information content (AvgIpc) is 2.43. The van der Waals surface area contributed by atoms with E-state index in [9.17, 15) is 0 Å². The second kappa shape index (κ2) is 8.60. The van der Waals surface area contributed by atoms with Gasteiger partial charge < -0.3 is 10.1 Å². The van der Waals surface area contributed by atoms with Crippen LogP contribution in [0.4, 0.5) is 0 Å². The van der Waals surface area contributed by atoms with Crippen molar-refractivity contribution in [2.24, 2.45) is 5.92 Å². The predicted octanol–water partition coefficient (Wildman–Crippen LogP) is 4.93. The van der Waals surface area contributed by atoms with E-state index in [4.69, 9.17) is 4.74 Å². The summed E-state index contributed by atoms with van der Waals surface area (Å²) in [6.07, 6.45) is 3.69. The predicted molar refractivity (Wildman–Crippen MR) is 85.8 cm³/mol. The SMILES string of the molecule is CCNC(CC(CC)CC)c1ccc(OC)c(Br)c1. The molecular formula is C16H26BrNO. The Kier molecular flexibility index (Phi) is 7.47. The molecule has 0 aromatic heterocycles. The maximum Gasteiger partial charge on any atom is 0.133 e. The van der Waals surface area contributed by atoms with Crippen LogP contribution in [-0.2, 0) is 0 Å². The largest absolute Gasteiger partial charge is 0.496 e. The van der Waals surface area contributed by atoms with E-state index >= 15 is 0 Å². The molecule has 1 rings (SSSR count). The van der Waals surface area contributed by atoms with Crippen molar-refractivity contribution in [3.05, 3.63) is 28.2 Å². The molecule has 0 fully saturated rings. The van der Waals surface area contributed by atoms with E-state index < -0.39 is 0 Å². The van der Waals surface area contributed by atoms with Gasteiger partial charge in [-0.05, 0) is 52.5 Å². The zero-order valence-corrected chi connectivity index (χ0v) is 14.1. The highest BCUT2D eigenvalue weighted by Gasteiger charge is 2.16. The first-order chi connectivity index (χ1) is 9.15. The maximum absolute atomic E-state index is 5.30. The molecule has 0 radical (unpaired) electrons. The van der Waals surface area contributed by atoms with Gasteiger partial charge in [-0.2, -0.15) is 0 Å². The van der Waals surface area contributed by atoms with Crippen LogP contribution in [0.1, 0.15) is 51.6 Å². The minimum Gasteiger partial charge on any atom is -0.496 e. The Morgan fingerprint density at radius 3 is 2.37 bits per heavy atom. The third-order valence-electron chi connectivity index (χ3n) is 3.75. The van der Waals surface area contributed by atoms with Gasteiger partial charge >= 0.3 is 0 Å². The number of hydrogen-bond acceptors (Lipinski definition) is 2. The lowest BCUT2D eigenvalue weighted by Gasteiger charge is -2.23. The van der Waals surface area contributed by atoms with Crippen molar-refractivity contribution in [3.8, 4) is 5.75 Å². The van der Waals surface area contributed by atoms with Gasteiger partial charge in [-0.1, -0.05) is 39.7 Å². The molecule has 3 heteroatoms. The second-order valence-electron chi connectivity index (χ2n) is 4.92. The lowest BCUT2D eigenvalue weighted by molar-refractivity contribution is 0.374. The standard InChI is InChI=1S/C16H26BrNO/c1-5-12(6-2)10-15(18-7-3)13-8-9-16(19-4)14(17)11-13/h8-9,11-12,15,18H,5-7,10H2,1-4H3. The first-order valence-corrected chi connectivity index (χ1v) is 8.02. The van der Waals surface area contributed by atoms with Gasteiger partial charge in [0.25, 0.3) is 0 Å². The van der Waals surface area contributed by atoms with Gasteiger partial charge in [0.2, 0.25) is 0 Å². The molecule has 0 saturated carbocycles. The van der Waals surface area contributed by atoms with E-state index in [1.165, 1.54) is 24.8 Å². The number of ether oxygens (including phenoxy) is 1. The van der Waals surface area contributed by atoms with Crippen LogP contribution < -0.4 is 10.1 Å². The van der Waals surface area contributed by atoms with Gasteiger partial charge in [-0.3, -0.25) is 0 Å². The van der Waals surface area contributed by atoms with Crippen molar-refractivity contribution in [1.29, 1.82) is 0 Å². The maximum atomic E-state index is 5.30. The van der Waals surface area contributed by atoms with E-state index in [0.29, 0.717) is 6.04 Å². The van der Waals surface area contributed by atoms with Gasteiger partial charge in [0.15, 0.2) is 0 Å². The summed E-state index contributed by atoms with van der Waals surface area (Å²) >= 11 is 3.57. The van der Waals surface area contributed by atoms with Crippen LogP contribution in [0.3, 0.4) is 0 Å². The first kappa shape index (κ1) is 16.5. The number of nitrogens with one attached hydrogen (secondary N) is 1. The molecule has 0 bridgehead atoms. The summed E-state index contributed by atoms with van der Waals surface area (Å²) in [7, 11) is 1.70. The van der Waals surface area contributed by atoms with Crippen LogP contribution in [0, 0.1) is 5.92 Å². The van der Waals surface area contributed by atoms with Crippen LogP contribution in [0.25, 0.3) is 0 Å². The molecule has 19 heavy (non-hydrogen) atoms. The molecule has 0 spiro atoms. The summed E-state index contributed by atoms with van der Waals surface area (Å²) in [6.45, 7) is 7.72. The lowest BCUT2D eigenvalue weighted by Crippen LogP contribution is -2.23. The lowest BCUT2D eigenvalue weighted by atomic mass is 9.91. The van der Waals surface area contributed by atoms with Crippen molar-refractivity contribution < 1.29 is 4.74 Å². The van der Waals surface area contributed by atoms with E-state index in [0.717, 1.165) is 22.7 Å². The summed E-state index contributed by atoms with van der Waals surface area (Å²) in [4.78, 5) is 0. The normalized spacial score (nSPS) is 12.7. The Bertz CT molecular complexity index is 377. The highest BCUT2D eigenvalue weighted by molar-refractivity contribution is 9.10. The van der Waals surface area contributed by atoms with Crippen molar-refractivity contribution >= 4 is 15.9 Å². The van der Waals surface area contributed by atoms with Gasteiger partial charge in [-0.15, -0.1) is 0 Å². The Labute approximate surface area is 126 Å². The fraction of sp³-hybridized carbons (Fsp3) is 0.625. The summed E-state index contributed by atoms with van der Waals surface area (Å²) < 4.78 is 6.32. The number of methoxy groups -OCH3 is 1. The highest BCUT2D eigenvalue weighted by atomic mass is 79.9. The molecule has 108 valence electrons. The van der Waals surface area contributed by atoms with E-state index in [-0.39, 0.29) is 0 Å². The number of hydrogen-bond donors (Lipinski definition) is 1. The molecule has 0 aliphatic rings. The van der Waals surface area contributed by atoms with Gasteiger partial charge in [0.1, 0.15) is 5.75 Å². The van der Waals surface area contributed by atoms with Gasteiger partial charge in [0.05, 0.1) is 11.6 Å². The molecule has 1 unspecified atom stereocenters. The smallest absolute Gasteiger partial charge is 0.133 e. The molecule has 0 aliphatic heterocycles. The van der Waals surface area contributed by atoms with E-state index in [2.05, 4.69) is 54.2 Å². The molecule has 0 saturated heterocycles. The molecule has 1 aromatic rings. The van der Waals surface area contributed by atoms with Crippen molar-refractivity contribution in [2.75, 3.05) is 13.7 Å². The van der Waals surface area contributed by atoms with E-state index in [1.807, 2.05) is 6.07 Å². The highest BCUT2D eigenvalue weighted by Crippen LogP contribution is 2.31. The van der Waals surface area contributed by atoms with Crippen molar-refractivity contribution in [2.45, 2.75) is 46.1 Å². The zero-order chi connectivity index (χ0) is 14.3. The minimum absolute atomic E-state index is 0.428. The number of halogens is 1. The van der Waals surface area contributed by atoms with Crippen LogP contribution >= 0.6 is 15.9 Å². The van der Waals surface area contributed by atoms with Crippen LogP contribution in [0.5, 0.6) is 5.75 Å². The van der Waals surface area contributed by atoms with Crippen molar-refractivity contribution in [1.82, 2.24) is 5.32 Å². The molecule has 1 atom stereocenters. The molecule has 1 aromatic carbocycles. The van der Waals surface area contributed by atoms with Crippen LogP contribution in [0.2, 0.25) is 0 Å².